The molecule has 0 atom stereocenters. The molecule has 0 heterocycles. The molecule has 6 rings (SSSR count). The van der Waals surface area contributed by atoms with Gasteiger partial charge < -0.3 is 33.3 Å². The first kappa shape index (κ1) is 54.2. The number of nitrogens with zero attached hydrogens (tertiary/aromatic N) is 1. The van der Waals surface area contributed by atoms with Gasteiger partial charge in [0.2, 0.25) is 0 Å². The smallest absolute Gasteiger partial charge is 0.402 e. The lowest BCUT2D eigenvalue weighted by Gasteiger charge is -2.26. The monoisotopic (exact) mass is 1060 g/mol. The number of halogens is 18. The predicted octanol–water partition coefficient (Wildman–Crippen LogP) is 17.1. The summed E-state index contributed by atoms with van der Waals surface area (Å²) < 4.78 is 255. The summed E-state index contributed by atoms with van der Waals surface area (Å²) in [5.41, 5.74) is 2.60. The van der Waals surface area contributed by atoms with Gasteiger partial charge in [-0.15, -0.1) is 79.0 Å². The van der Waals surface area contributed by atoms with Crippen molar-refractivity contribution in [1.82, 2.24) is 0 Å². The Balaban J connectivity index is 1.30. The van der Waals surface area contributed by atoms with Crippen LogP contribution in [0.1, 0.15) is 33.4 Å². The molecule has 0 N–H and O–H groups in total. The van der Waals surface area contributed by atoms with Gasteiger partial charge in [-0.2, -0.15) is 0 Å². The largest absolute Gasteiger partial charge is 0.573 e. The van der Waals surface area contributed by atoms with Crippen LogP contribution >= 0.6 is 0 Å². The van der Waals surface area contributed by atoms with Crippen LogP contribution in [0, 0.1) is 0 Å². The molecule has 0 radical (unpaired) electrons. The number of hydrogen-bond donors (Lipinski definition) is 0. The molecule has 25 heteroatoms. The Bertz CT molecular complexity index is 2600. The molecule has 0 amide bonds. The van der Waals surface area contributed by atoms with E-state index in [1.165, 1.54) is 36.5 Å². The maximum Gasteiger partial charge on any atom is 0.573 e. The Hall–Kier alpha value is -8.12. The lowest BCUT2D eigenvalue weighted by atomic mass is 10.1. The van der Waals surface area contributed by atoms with E-state index < -0.39 is 72.7 Å². The lowest BCUT2D eigenvalue weighted by molar-refractivity contribution is -0.287. The summed E-state index contributed by atoms with van der Waals surface area (Å²) in [5.74, 6) is -7.54. The first-order valence-corrected chi connectivity index (χ1v) is 19.9. The molecule has 6 aromatic rings. The molecule has 0 saturated carbocycles. The van der Waals surface area contributed by atoms with Crippen LogP contribution in [0.2, 0.25) is 0 Å². The summed E-state index contributed by atoms with van der Waals surface area (Å²) in [4.78, 5) is 1.69. The van der Waals surface area contributed by atoms with Crippen molar-refractivity contribution in [3.63, 3.8) is 0 Å². The molecular formula is C48H27F18NO6. The minimum absolute atomic E-state index is 0.0205. The van der Waals surface area contributed by atoms with Gasteiger partial charge in [0.25, 0.3) is 0 Å². The molecule has 0 aliphatic carbocycles. The molecule has 7 nitrogen and oxygen atoms in total. The first-order chi connectivity index (χ1) is 33.8. The topological polar surface area (TPSA) is 58.6 Å². The Morgan fingerprint density at radius 3 is 0.616 bits per heavy atom. The Kier molecular flexibility index (Phi) is 15.8. The Morgan fingerprint density at radius 2 is 0.411 bits per heavy atom. The first-order valence-electron chi connectivity index (χ1n) is 19.9. The zero-order valence-electron chi connectivity index (χ0n) is 35.8. The van der Waals surface area contributed by atoms with Crippen molar-refractivity contribution in [2.75, 3.05) is 4.90 Å². The third-order valence-corrected chi connectivity index (χ3v) is 9.12. The van der Waals surface area contributed by atoms with Gasteiger partial charge in [0.05, 0.1) is 0 Å². The van der Waals surface area contributed by atoms with E-state index in [9.17, 15) is 79.0 Å². The molecule has 0 fully saturated rings. The molecule has 0 bridgehead atoms. The highest BCUT2D eigenvalue weighted by Crippen LogP contribution is 2.41. The van der Waals surface area contributed by atoms with Gasteiger partial charge in [-0.1, -0.05) is 91.1 Å². The second-order valence-electron chi connectivity index (χ2n) is 14.5. The number of ether oxygens (including phenoxy) is 6. The summed E-state index contributed by atoms with van der Waals surface area (Å²) in [7, 11) is 0. The van der Waals surface area contributed by atoms with Crippen molar-refractivity contribution in [3.8, 4) is 34.5 Å². The molecular weight excluding hydrogens is 1030 g/mol. The van der Waals surface area contributed by atoms with E-state index in [1.54, 1.807) is 77.7 Å². The van der Waals surface area contributed by atoms with Crippen LogP contribution in [-0.4, -0.2) is 38.2 Å². The van der Waals surface area contributed by atoms with Gasteiger partial charge in [0.15, 0.2) is 34.5 Å². The molecule has 0 aliphatic heterocycles. The van der Waals surface area contributed by atoms with Gasteiger partial charge in [0, 0.05) is 17.1 Å². The Morgan fingerprint density at radius 1 is 0.233 bits per heavy atom. The van der Waals surface area contributed by atoms with Gasteiger partial charge >= 0.3 is 38.2 Å². The van der Waals surface area contributed by atoms with E-state index in [0.717, 1.165) is 18.2 Å². The van der Waals surface area contributed by atoms with Crippen LogP contribution in [0.4, 0.5) is 96.1 Å². The molecule has 386 valence electrons. The van der Waals surface area contributed by atoms with Crippen molar-refractivity contribution in [1.29, 1.82) is 0 Å². The molecule has 0 aromatic heterocycles. The molecule has 0 spiro atoms. The molecule has 0 aliphatic rings. The highest BCUT2D eigenvalue weighted by molar-refractivity contribution is 5.81. The average molecular weight is 1060 g/mol. The summed E-state index contributed by atoms with van der Waals surface area (Å²) in [6.45, 7) is 0. The van der Waals surface area contributed by atoms with Crippen LogP contribution in [0.5, 0.6) is 34.5 Å². The highest BCUT2D eigenvalue weighted by atomic mass is 19.4. The second-order valence-corrected chi connectivity index (χ2v) is 14.5. The van der Waals surface area contributed by atoms with E-state index in [1.807, 2.05) is 0 Å². The van der Waals surface area contributed by atoms with Crippen molar-refractivity contribution in [3.05, 3.63) is 161 Å². The third-order valence-electron chi connectivity index (χ3n) is 9.12. The fourth-order valence-electron chi connectivity index (χ4n) is 6.35. The van der Waals surface area contributed by atoms with Crippen molar-refractivity contribution < 1.29 is 107 Å². The van der Waals surface area contributed by atoms with Crippen LogP contribution in [0.3, 0.4) is 0 Å². The maximum atomic E-state index is 13.0. The summed E-state index contributed by atoms with van der Waals surface area (Å²) in [6, 6.07) is 26.0. The summed E-state index contributed by atoms with van der Waals surface area (Å²) in [6.07, 6.45) is -24.0. The zero-order chi connectivity index (χ0) is 53.6. The highest BCUT2D eigenvalue weighted by Gasteiger charge is 2.39. The summed E-state index contributed by atoms with van der Waals surface area (Å²) >= 11 is 0. The number of alkyl halides is 18. The lowest BCUT2D eigenvalue weighted by Crippen LogP contribution is -2.21. The molecule has 0 saturated heterocycles. The average Bonchev–Trinajstić information content (AvgIpc) is 3.25. The maximum absolute atomic E-state index is 13.0. The van der Waals surface area contributed by atoms with Crippen molar-refractivity contribution >= 4 is 53.5 Å². The predicted molar refractivity (Wildman–Crippen MR) is 227 cm³/mol. The molecule has 6 aromatic carbocycles. The fraction of sp³-hybridized carbons (Fsp3) is 0.125. The van der Waals surface area contributed by atoms with Crippen LogP contribution < -0.4 is 33.3 Å². The minimum atomic E-state index is -5.37. The molecule has 73 heavy (non-hydrogen) atoms. The van der Waals surface area contributed by atoms with E-state index in [-0.39, 0.29) is 16.7 Å². The molecule has 0 unspecified atom stereocenters. The van der Waals surface area contributed by atoms with E-state index in [2.05, 4.69) is 28.4 Å². The van der Waals surface area contributed by atoms with E-state index in [0.29, 0.717) is 70.2 Å². The second kappa shape index (κ2) is 21.3. The number of benzene rings is 6. The summed E-state index contributed by atoms with van der Waals surface area (Å²) in [5, 5.41) is 0. The van der Waals surface area contributed by atoms with Crippen LogP contribution in [-0.2, 0) is 0 Å². The van der Waals surface area contributed by atoms with Crippen molar-refractivity contribution in [2.24, 2.45) is 0 Å². The van der Waals surface area contributed by atoms with Gasteiger partial charge in [-0.05, 0) is 106 Å². The number of rotatable bonds is 15. The third kappa shape index (κ3) is 17.6. The minimum Gasteiger partial charge on any atom is -0.402 e. The zero-order valence-corrected chi connectivity index (χ0v) is 35.8. The van der Waals surface area contributed by atoms with E-state index >= 15 is 0 Å². The SMILES string of the molecule is FC(F)(F)Oc1ccc(C=Cc2ccc(N(c3ccc(C=Cc4ccc(OC(F)(F)F)c(OC(F)(F)F)c4)cc3)c3ccc(C=Cc4ccc(OC(F)(F)F)c(OC(F)(F)F)c4)cc3)cc2)cc1OC(F)(F)F. The van der Waals surface area contributed by atoms with Gasteiger partial charge in [0.1, 0.15) is 0 Å². The quantitative estimate of drug-likeness (QED) is 0.0750. The normalized spacial score (nSPS) is 12.9. The van der Waals surface area contributed by atoms with Gasteiger partial charge in [-0.25, -0.2) is 0 Å². The number of hydrogen-bond acceptors (Lipinski definition) is 7. The standard InChI is InChI=1S/C48H27F18NO6/c49-43(50,51)68-37-22-13-31(25-40(37)71-46(58,59)60)4-1-28-7-16-34(17-8-28)67(35-18-9-29(10-19-35)2-5-32-14-23-38(69-44(52,53)54)41(26-32)72-47(61,62)63)36-20-11-30(12-21-36)3-6-33-15-24-39(70-45(55,56)57)42(27-33)73-48(64,65)66/h1-27H. The number of anilines is 3. The van der Waals surface area contributed by atoms with E-state index in [4.69, 9.17) is 0 Å². The van der Waals surface area contributed by atoms with Crippen LogP contribution in [0.25, 0.3) is 36.5 Å². The van der Waals surface area contributed by atoms with Crippen molar-refractivity contribution in [2.45, 2.75) is 38.2 Å². The fourth-order valence-corrected chi connectivity index (χ4v) is 6.35. The Labute approximate surface area is 398 Å². The van der Waals surface area contributed by atoms with Gasteiger partial charge in [-0.3, -0.25) is 0 Å². The van der Waals surface area contributed by atoms with Crippen LogP contribution in [0.15, 0.2) is 127 Å².